The maximum Gasteiger partial charge on any atom is 0.387 e. The van der Waals surface area contributed by atoms with Crippen molar-refractivity contribution in [3.05, 3.63) is 0 Å². The van der Waals surface area contributed by atoms with Crippen LogP contribution in [0, 0.1) is 0 Å². The van der Waals surface area contributed by atoms with Gasteiger partial charge < -0.3 is 4.74 Å². The summed E-state index contributed by atoms with van der Waals surface area (Å²) < 4.78 is 99.7. The summed E-state index contributed by atoms with van der Waals surface area (Å²) in [5.41, 5.74) is 0. The van der Waals surface area contributed by atoms with Crippen molar-refractivity contribution >= 4 is 51.2 Å². The first-order valence-electron chi connectivity index (χ1n) is 4.57. The van der Waals surface area contributed by atoms with Crippen LogP contribution in [-0.2, 0) is 9.53 Å². The minimum absolute atomic E-state index is 0.346. The molecule has 0 aliphatic heterocycles. The number of halogens is 10. The summed E-state index contributed by atoms with van der Waals surface area (Å²) in [5, 5.41) is 0. The van der Waals surface area contributed by atoms with Crippen molar-refractivity contribution in [2.24, 2.45) is 0 Å². The van der Waals surface area contributed by atoms with Gasteiger partial charge in [-0.25, -0.2) is 0 Å². The number of alkyl halides is 10. The lowest BCUT2D eigenvalue weighted by molar-refractivity contribution is -0.344. The number of esters is 1. The number of rotatable bonds is 6. The predicted octanol–water partition coefficient (Wildman–Crippen LogP) is 4.63. The van der Waals surface area contributed by atoms with E-state index in [0.29, 0.717) is 0 Å². The summed E-state index contributed by atoms with van der Waals surface area (Å²) in [6.07, 6.45) is -2.04. The summed E-state index contributed by atoms with van der Waals surface area (Å²) in [6.45, 7) is 0.773. The monoisotopic (exact) mass is 540 g/mol. The second-order valence-corrected chi connectivity index (χ2v) is 6.32. The Morgan fingerprint density at radius 2 is 1.45 bits per heavy atom. The molecule has 0 saturated heterocycles. The Morgan fingerprint density at radius 1 is 1.05 bits per heavy atom. The molecule has 1 atom stereocenters. The molecule has 0 aromatic rings. The summed E-state index contributed by atoms with van der Waals surface area (Å²) in [7, 11) is 0. The molecule has 20 heavy (non-hydrogen) atoms. The van der Waals surface area contributed by atoms with E-state index in [1.807, 2.05) is 0 Å². The van der Waals surface area contributed by atoms with Crippen molar-refractivity contribution in [3.8, 4) is 0 Å². The summed E-state index contributed by atoms with van der Waals surface area (Å²) in [6, 6.07) is 0. The molecule has 0 heterocycles. The molecule has 0 aromatic heterocycles. The smallest absolute Gasteiger partial charge is 0.387 e. The van der Waals surface area contributed by atoms with Gasteiger partial charge in [0.2, 0.25) is 0 Å². The molecule has 1 unspecified atom stereocenters. The minimum Gasteiger partial charge on any atom is -0.452 e. The molecule has 0 N–H and O–H groups in total. The molecule has 12 heteroatoms. The average molecular weight is 540 g/mol. The summed E-state index contributed by atoms with van der Waals surface area (Å²) in [5.74, 6) is -19.2. The number of hydrogen-bond donors (Lipinski definition) is 0. The fourth-order valence-corrected chi connectivity index (χ4v) is 2.21. The number of hydrogen-bond acceptors (Lipinski definition) is 2. The van der Waals surface area contributed by atoms with Crippen LogP contribution < -0.4 is 0 Å². The maximum absolute atomic E-state index is 13.2. The van der Waals surface area contributed by atoms with Crippen molar-refractivity contribution in [1.82, 2.24) is 0 Å². The van der Waals surface area contributed by atoms with E-state index in [4.69, 9.17) is 0 Å². The molecule has 0 amide bonds. The van der Waals surface area contributed by atoms with Gasteiger partial charge in [-0.15, -0.1) is 0 Å². The van der Waals surface area contributed by atoms with Gasteiger partial charge in [-0.05, 0) is 22.6 Å². The minimum atomic E-state index is -6.33. The molecule has 0 aliphatic rings. The van der Waals surface area contributed by atoms with Crippen molar-refractivity contribution in [2.45, 2.75) is 39.2 Å². The first-order chi connectivity index (χ1) is 8.56. The highest BCUT2D eigenvalue weighted by atomic mass is 127. The van der Waals surface area contributed by atoms with Crippen molar-refractivity contribution in [3.63, 3.8) is 0 Å². The summed E-state index contributed by atoms with van der Waals surface area (Å²) >= 11 is 0.635. The van der Waals surface area contributed by atoms with Gasteiger partial charge in [-0.2, -0.15) is 35.1 Å². The predicted molar refractivity (Wildman–Crippen MR) is 68.0 cm³/mol. The Morgan fingerprint density at radius 3 is 1.75 bits per heavy atom. The molecule has 0 fully saturated rings. The third-order valence-corrected chi connectivity index (χ3v) is 3.29. The quantitative estimate of drug-likeness (QED) is 0.213. The largest absolute Gasteiger partial charge is 0.452 e. The van der Waals surface area contributed by atoms with E-state index in [1.54, 1.807) is 0 Å². The van der Waals surface area contributed by atoms with E-state index in [-0.39, 0.29) is 22.6 Å². The van der Waals surface area contributed by atoms with Gasteiger partial charge >= 0.3 is 27.7 Å². The molecule has 0 aromatic carbocycles. The van der Waals surface area contributed by atoms with Crippen LogP contribution in [0.5, 0.6) is 0 Å². The van der Waals surface area contributed by atoms with E-state index in [0.717, 1.165) is 29.5 Å². The highest BCUT2D eigenvalue weighted by Gasteiger charge is 2.79. The van der Waals surface area contributed by atoms with Crippen LogP contribution in [0.3, 0.4) is 0 Å². The summed E-state index contributed by atoms with van der Waals surface area (Å²) in [4.78, 5) is 10.4. The van der Waals surface area contributed by atoms with E-state index in [1.165, 1.54) is 0 Å². The zero-order valence-corrected chi connectivity index (χ0v) is 13.7. The van der Waals surface area contributed by atoms with Crippen molar-refractivity contribution in [2.75, 3.05) is 0 Å². The number of ether oxygens (including phenoxy) is 1. The molecular formula is C8H6F8I2O2. The lowest BCUT2D eigenvalue weighted by atomic mass is 10.0. The van der Waals surface area contributed by atoms with Crippen molar-refractivity contribution < 1.29 is 44.7 Å². The Kier molecular flexibility index (Phi) is 6.35. The van der Waals surface area contributed by atoms with E-state index in [9.17, 15) is 39.9 Å². The second-order valence-electron chi connectivity index (χ2n) is 3.57. The van der Waals surface area contributed by atoms with Gasteiger partial charge in [0.15, 0.2) is 4.11 Å². The van der Waals surface area contributed by atoms with Crippen LogP contribution in [0.2, 0.25) is 0 Å². The number of carbonyl (C=O) groups is 1. The van der Waals surface area contributed by atoms with Crippen LogP contribution in [0.15, 0.2) is 0 Å². The molecule has 0 bridgehead atoms. The van der Waals surface area contributed by atoms with Crippen molar-refractivity contribution in [1.29, 1.82) is 0 Å². The van der Waals surface area contributed by atoms with Crippen LogP contribution in [0.1, 0.15) is 13.3 Å². The van der Waals surface area contributed by atoms with Gasteiger partial charge in [0.25, 0.3) is 0 Å². The van der Waals surface area contributed by atoms with E-state index in [2.05, 4.69) is 4.74 Å². The molecule has 0 saturated carbocycles. The molecule has 0 aliphatic carbocycles. The van der Waals surface area contributed by atoms with Crippen LogP contribution >= 0.6 is 45.2 Å². The SMILES string of the molecule is CC(=O)OC(I)CC(F)(F)C(F)(F)C(F)(F)C(F)(F)I. The standard InChI is InChI=1S/C8H6F8I2O2/c1-3(19)20-4(17)2-5(9,10)6(11,12)7(13,14)8(15,16)18/h4H,2H2,1H3. The third-order valence-electron chi connectivity index (χ3n) is 1.92. The normalized spacial score (nSPS) is 15.9. The topological polar surface area (TPSA) is 26.3 Å². The van der Waals surface area contributed by atoms with Crippen LogP contribution in [0.25, 0.3) is 0 Å². The molecule has 0 rings (SSSR count). The zero-order valence-electron chi connectivity index (χ0n) is 9.38. The maximum atomic E-state index is 13.2. The Bertz CT molecular complexity index is 368. The first-order valence-corrected chi connectivity index (χ1v) is 6.90. The van der Waals surface area contributed by atoms with Gasteiger partial charge in [0.05, 0.1) is 6.42 Å². The van der Waals surface area contributed by atoms with E-state index < -0.39 is 38.2 Å². The molecule has 0 spiro atoms. The molecule has 120 valence electrons. The first kappa shape index (κ1) is 20.4. The second kappa shape index (κ2) is 6.24. The lowest BCUT2D eigenvalue weighted by Crippen LogP contribution is -2.60. The third kappa shape index (κ3) is 4.19. The van der Waals surface area contributed by atoms with Gasteiger partial charge in [0.1, 0.15) is 0 Å². The van der Waals surface area contributed by atoms with Gasteiger partial charge in [-0.3, -0.25) is 4.79 Å². The molecular weight excluding hydrogens is 534 g/mol. The fourth-order valence-electron chi connectivity index (χ4n) is 0.959. The molecule has 2 nitrogen and oxygen atoms in total. The van der Waals surface area contributed by atoms with Crippen LogP contribution in [0.4, 0.5) is 35.1 Å². The average Bonchev–Trinajstić information content (AvgIpc) is 2.12. The molecule has 0 radical (unpaired) electrons. The highest BCUT2D eigenvalue weighted by molar-refractivity contribution is 14.1. The lowest BCUT2D eigenvalue weighted by Gasteiger charge is -2.35. The van der Waals surface area contributed by atoms with Gasteiger partial charge in [0, 0.05) is 29.5 Å². The number of carbonyl (C=O) groups excluding carboxylic acids is 1. The Labute approximate surface area is 134 Å². The zero-order chi connectivity index (χ0) is 16.6. The fraction of sp³-hybridized carbons (Fsp3) is 0.875. The Balaban J connectivity index is 5.31. The van der Waals surface area contributed by atoms with E-state index >= 15 is 0 Å². The highest BCUT2D eigenvalue weighted by Crippen LogP contribution is 2.56. The van der Waals surface area contributed by atoms with Gasteiger partial charge in [-0.1, -0.05) is 0 Å². The Hall–Kier alpha value is 0.370. The van der Waals surface area contributed by atoms with Crippen LogP contribution in [-0.4, -0.2) is 31.8 Å².